The van der Waals surface area contributed by atoms with E-state index in [2.05, 4.69) is 60.7 Å². The van der Waals surface area contributed by atoms with Crippen molar-refractivity contribution >= 4 is 48.8 Å². The van der Waals surface area contributed by atoms with Gasteiger partial charge in [0.15, 0.2) is 0 Å². The molecule has 0 aromatic carbocycles. The van der Waals surface area contributed by atoms with E-state index in [0.717, 1.165) is 11.5 Å². The highest BCUT2D eigenvalue weighted by molar-refractivity contribution is 8.00. The van der Waals surface area contributed by atoms with Crippen LogP contribution in [0.1, 0.15) is 44.9 Å². The van der Waals surface area contributed by atoms with Gasteiger partial charge in [-0.2, -0.15) is 25.3 Å². The van der Waals surface area contributed by atoms with Crippen LogP contribution < -0.4 is 0 Å². The molecule has 0 atom stereocenters. The van der Waals surface area contributed by atoms with Crippen LogP contribution in [0.5, 0.6) is 0 Å². The minimum absolute atomic E-state index is 1.04. The predicted molar refractivity (Wildman–Crippen MR) is 102 cm³/mol. The molecule has 0 aliphatic heterocycles. The van der Waals surface area contributed by atoms with E-state index in [4.69, 9.17) is 0 Å². The first-order valence-corrected chi connectivity index (χ1v) is 10.9. The largest absolute Gasteiger partial charge is 0.288 e. The van der Waals surface area contributed by atoms with Crippen molar-refractivity contribution in [1.29, 1.82) is 0 Å². The molecule has 116 valence electrons. The standard InChI is InChI=1S/C14H31NS4/c1-15(14-19-12-8-4-6-10-17)13-18-11-7-3-2-5-9-16/h16-17H,2-14H2,1H3. The molecule has 0 rings (SSSR count). The summed E-state index contributed by atoms with van der Waals surface area (Å²) in [7, 11) is 2.23. The van der Waals surface area contributed by atoms with E-state index >= 15 is 0 Å². The summed E-state index contributed by atoms with van der Waals surface area (Å²) in [6.07, 6.45) is 9.31. The maximum absolute atomic E-state index is 4.23. The Kier molecular flexibility index (Phi) is 18.7. The second-order valence-electron chi connectivity index (χ2n) is 4.85. The van der Waals surface area contributed by atoms with Crippen molar-refractivity contribution in [2.75, 3.05) is 41.8 Å². The Hall–Kier alpha value is 1.36. The van der Waals surface area contributed by atoms with Gasteiger partial charge in [-0.1, -0.05) is 19.3 Å². The van der Waals surface area contributed by atoms with Crippen molar-refractivity contribution < 1.29 is 0 Å². The molecule has 0 aromatic rings. The van der Waals surface area contributed by atoms with Crippen LogP contribution >= 0.6 is 48.8 Å². The maximum atomic E-state index is 4.23. The normalized spacial score (nSPS) is 11.4. The van der Waals surface area contributed by atoms with Gasteiger partial charge in [0.2, 0.25) is 0 Å². The van der Waals surface area contributed by atoms with Crippen molar-refractivity contribution in [2.24, 2.45) is 0 Å². The van der Waals surface area contributed by atoms with Gasteiger partial charge in [-0.15, -0.1) is 23.5 Å². The Morgan fingerprint density at radius 2 is 1.11 bits per heavy atom. The molecule has 0 radical (unpaired) electrons. The van der Waals surface area contributed by atoms with E-state index in [9.17, 15) is 0 Å². The van der Waals surface area contributed by atoms with Crippen LogP contribution in [0.15, 0.2) is 0 Å². The van der Waals surface area contributed by atoms with Crippen LogP contribution in [0.25, 0.3) is 0 Å². The van der Waals surface area contributed by atoms with Crippen LogP contribution in [0.2, 0.25) is 0 Å². The van der Waals surface area contributed by atoms with Gasteiger partial charge in [-0.25, -0.2) is 0 Å². The monoisotopic (exact) mass is 341 g/mol. The Balaban J connectivity index is 3.10. The zero-order valence-corrected chi connectivity index (χ0v) is 15.8. The summed E-state index contributed by atoms with van der Waals surface area (Å²) < 4.78 is 0. The van der Waals surface area contributed by atoms with Crippen molar-refractivity contribution in [3.05, 3.63) is 0 Å². The van der Waals surface area contributed by atoms with E-state index in [1.807, 2.05) is 0 Å². The summed E-state index contributed by atoms with van der Waals surface area (Å²) in [5.41, 5.74) is 0. The lowest BCUT2D eigenvalue weighted by Crippen LogP contribution is -2.17. The van der Waals surface area contributed by atoms with Gasteiger partial charge in [-0.3, -0.25) is 4.90 Å². The molecule has 1 nitrogen and oxygen atoms in total. The van der Waals surface area contributed by atoms with Crippen LogP contribution in [0, 0.1) is 0 Å². The number of rotatable bonds is 15. The number of thioether (sulfide) groups is 2. The molecule has 0 heterocycles. The van der Waals surface area contributed by atoms with E-state index < -0.39 is 0 Å². The lowest BCUT2D eigenvalue weighted by atomic mass is 10.2. The third kappa shape index (κ3) is 17.3. The summed E-state index contributed by atoms with van der Waals surface area (Å²) in [6.45, 7) is 0. The summed E-state index contributed by atoms with van der Waals surface area (Å²) in [6, 6.07) is 0. The maximum Gasteiger partial charge on any atom is 0.0449 e. The zero-order valence-electron chi connectivity index (χ0n) is 12.4. The lowest BCUT2D eigenvalue weighted by Gasteiger charge is -2.15. The average molecular weight is 342 g/mol. The summed E-state index contributed by atoms with van der Waals surface area (Å²) >= 11 is 12.6. The second-order valence-corrected chi connectivity index (χ2v) is 7.90. The van der Waals surface area contributed by atoms with E-state index in [0.29, 0.717) is 0 Å². The number of nitrogens with zero attached hydrogens (tertiary/aromatic N) is 1. The molecule has 0 spiro atoms. The van der Waals surface area contributed by atoms with E-state index in [-0.39, 0.29) is 0 Å². The fraction of sp³-hybridized carbons (Fsp3) is 1.00. The molecular weight excluding hydrogens is 310 g/mol. The summed E-state index contributed by atoms with van der Waals surface area (Å²) in [5.74, 6) is 7.04. The Labute approximate surface area is 140 Å². The summed E-state index contributed by atoms with van der Waals surface area (Å²) in [4.78, 5) is 2.43. The van der Waals surface area contributed by atoms with Crippen LogP contribution in [0.3, 0.4) is 0 Å². The third-order valence-corrected chi connectivity index (χ3v) is 5.80. The molecule has 0 amide bonds. The Morgan fingerprint density at radius 3 is 1.58 bits per heavy atom. The highest BCUT2D eigenvalue weighted by Crippen LogP contribution is 2.12. The molecule has 0 saturated heterocycles. The van der Waals surface area contributed by atoms with Gasteiger partial charge >= 0.3 is 0 Å². The number of thiol groups is 2. The highest BCUT2D eigenvalue weighted by Gasteiger charge is 1.99. The molecule has 0 aliphatic carbocycles. The SMILES string of the molecule is CN(CSCCCCCS)CSCCCCCCS. The number of unbranched alkanes of at least 4 members (excludes halogenated alkanes) is 5. The number of hydrogen-bond donors (Lipinski definition) is 2. The van der Waals surface area contributed by atoms with Crippen molar-refractivity contribution in [1.82, 2.24) is 4.90 Å². The second kappa shape index (κ2) is 17.4. The zero-order chi connectivity index (χ0) is 14.2. The number of hydrogen-bond acceptors (Lipinski definition) is 5. The van der Waals surface area contributed by atoms with Gasteiger partial charge in [-0.05, 0) is 55.7 Å². The topological polar surface area (TPSA) is 3.24 Å². The Morgan fingerprint density at radius 1 is 0.684 bits per heavy atom. The molecule has 5 heteroatoms. The van der Waals surface area contributed by atoms with Crippen LogP contribution in [0.4, 0.5) is 0 Å². The van der Waals surface area contributed by atoms with Crippen molar-refractivity contribution in [2.45, 2.75) is 44.9 Å². The third-order valence-electron chi connectivity index (χ3n) is 2.77. The smallest absolute Gasteiger partial charge is 0.0449 e. The molecule has 0 bridgehead atoms. The van der Waals surface area contributed by atoms with Gasteiger partial charge in [0.25, 0.3) is 0 Å². The molecule has 0 N–H and O–H groups in total. The quantitative estimate of drug-likeness (QED) is 0.248. The molecule has 0 aromatic heterocycles. The molecule has 19 heavy (non-hydrogen) atoms. The minimum Gasteiger partial charge on any atom is -0.288 e. The minimum atomic E-state index is 1.04. The fourth-order valence-corrected chi connectivity index (χ4v) is 4.08. The van der Waals surface area contributed by atoms with E-state index in [1.165, 1.54) is 68.2 Å². The first kappa shape index (κ1) is 20.4. The fourth-order valence-electron chi connectivity index (χ4n) is 1.64. The van der Waals surface area contributed by atoms with Crippen LogP contribution in [-0.4, -0.2) is 46.7 Å². The molecule has 0 aliphatic rings. The molecular formula is C14H31NS4. The van der Waals surface area contributed by atoms with Crippen molar-refractivity contribution in [3.8, 4) is 0 Å². The first-order valence-electron chi connectivity index (χ1n) is 7.37. The molecule has 0 saturated carbocycles. The van der Waals surface area contributed by atoms with Gasteiger partial charge in [0.05, 0.1) is 0 Å². The Bertz CT molecular complexity index is 170. The highest BCUT2D eigenvalue weighted by atomic mass is 32.2. The summed E-state index contributed by atoms with van der Waals surface area (Å²) in [5, 5.41) is 0. The van der Waals surface area contributed by atoms with Crippen molar-refractivity contribution in [3.63, 3.8) is 0 Å². The van der Waals surface area contributed by atoms with Gasteiger partial charge < -0.3 is 0 Å². The first-order chi connectivity index (χ1) is 9.31. The van der Waals surface area contributed by atoms with Gasteiger partial charge in [0, 0.05) is 11.8 Å². The lowest BCUT2D eigenvalue weighted by molar-refractivity contribution is 0.465. The van der Waals surface area contributed by atoms with Crippen LogP contribution in [-0.2, 0) is 0 Å². The predicted octanol–water partition coefficient (Wildman–Crippen LogP) is 4.89. The molecule has 0 fully saturated rings. The van der Waals surface area contributed by atoms with E-state index in [1.54, 1.807) is 0 Å². The molecule has 0 unspecified atom stereocenters. The average Bonchev–Trinajstić information content (AvgIpc) is 2.41. The van der Waals surface area contributed by atoms with Gasteiger partial charge in [0.1, 0.15) is 0 Å².